The lowest BCUT2D eigenvalue weighted by Gasteiger charge is -2.14. The van der Waals surface area contributed by atoms with Crippen LogP contribution < -0.4 is 5.32 Å². The Kier molecular flexibility index (Phi) is 7.67. The quantitative estimate of drug-likeness (QED) is 0.188. The SMILES string of the molecule is CSc1c(F)c(SC)c2[nH]ncc2c1-c1ccc2nc(NC(=O)[C@@H]3C[C@@H]3F)sc2c1.O=C(O)C(F)(F)F. The second kappa shape index (κ2) is 10.5. The van der Waals surface area contributed by atoms with Crippen molar-refractivity contribution in [3.05, 3.63) is 30.2 Å². The highest BCUT2D eigenvalue weighted by atomic mass is 32.2. The van der Waals surface area contributed by atoms with Crippen LogP contribution in [0.2, 0.25) is 0 Å². The molecule has 1 saturated carbocycles. The number of carbonyl (C=O) groups excluding carboxylic acids is 1. The van der Waals surface area contributed by atoms with Crippen molar-refractivity contribution in [3.63, 3.8) is 0 Å². The number of nitrogens with zero attached hydrogens (tertiary/aromatic N) is 2. The van der Waals surface area contributed by atoms with Crippen molar-refractivity contribution in [1.29, 1.82) is 0 Å². The molecule has 2 aromatic heterocycles. The van der Waals surface area contributed by atoms with Crippen LogP contribution in [0.1, 0.15) is 6.42 Å². The molecular formula is C22H17F5N4O3S3. The average molecular weight is 577 g/mol. The Labute approximate surface area is 218 Å². The van der Waals surface area contributed by atoms with Crippen molar-refractivity contribution in [2.24, 2.45) is 5.92 Å². The monoisotopic (exact) mass is 576 g/mol. The molecule has 3 N–H and O–H groups in total. The number of carbonyl (C=O) groups is 2. The summed E-state index contributed by atoms with van der Waals surface area (Å²) in [7, 11) is 0. The minimum Gasteiger partial charge on any atom is -0.475 e. The Hall–Kier alpha value is -2.91. The summed E-state index contributed by atoms with van der Waals surface area (Å²) in [6.45, 7) is 0. The number of carboxylic acid groups (broad SMARTS) is 1. The summed E-state index contributed by atoms with van der Waals surface area (Å²) < 4.78 is 60.9. The van der Waals surface area contributed by atoms with E-state index in [-0.39, 0.29) is 18.1 Å². The van der Waals surface area contributed by atoms with E-state index >= 15 is 4.39 Å². The van der Waals surface area contributed by atoms with Gasteiger partial charge in [0.2, 0.25) is 5.91 Å². The van der Waals surface area contributed by atoms with E-state index in [0.29, 0.717) is 20.4 Å². The maximum absolute atomic E-state index is 15.2. The number of fused-ring (bicyclic) bond motifs is 2. The van der Waals surface area contributed by atoms with E-state index in [4.69, 9.17) is 9.90 Å². The van der Waals surface area contributed by atoms with E-state index < -0.39 is 24.2 Å². The van der Waals surface area contributed by atoms with Crippen LogP contribution >= 0.6 is 34.9 Å². The fourth-order valence-corrected chi connectivity index (χ4v) is 5.86. The molecule has 15 heteroatoms. The van der Waals surface area contributed by atoms with Crippen molar-refractivity contribution in [2.45, 2.75) is 28.6 Å². The Bertz CT molecular complexity index is 1500. The topological polar surface area (TPSA) is 108 Å². The first-order valence-electron chi connectivity index (χ1n) is 10.4. The minimum absolute atomic E-state index is 0.260. The number of rotatable bonds is 5. The lowest BCUT2D eigenvalue weighted by Crippen LogP contribution is -2.21. The maximum atomic E-state index is 15.2. The molecule has 1 aliphatic rings. The van der Waals surface area contributed by atoms with Gasteiger partial charge in [-0.25, -0.2) is 18.6 Å². The summed E-state index contributed by atoms with van der Waals surface area (Å²) in [5.74, 6) is -3.91. The molecule has 0 aliphatic heterocycles. The maximum Gasteiger partial charge on any atom is 0.490 e. The number of aliphatic carboxylic acids is 1. The molecule has 2 heterocycles. The summed E-state index contributed by atoms with van der Waals surface area (Å²) >= 11 is 4.03. The zero-order chi connectivity index (χ0) is 27.1. The number of halogens is 5. The number of anilines is 1. The second-order valence-corrected chi connectivity index (χ2v) is 10.4. The molecule has 5 rings (SSSR count). The average Bonchev–Trinajstić information content (AvgIpc) is 3.20. The largest absolute Gasteiger partial charge is 0.490 e. The van der Waals surface area contributed by atoms with Crippen LogP contribution in [0, 0.1) is 11.7 Å². The van der Waals surface area contributed by atoms with Crippen molar-refractivity contribution < 1.29 is 36.6 Å². The van der Waals surface area contributed by atoms with E-state index in [1.54, 1.807) is 6.20 Å². The Morgan fingerprint density at radius 2 is 1.86 bits per heavy atom. The van der Waals surface area contributed by atoms with Gasteiger partial charge in [-0.05, 0) is 36.6 Å². The molecule has 7 nitrogen and oxygen atoms in total. The van der Waals surface area contributed by atoms with Gasteiger partial charge < -0.3 is 10.4 Å². The van der Waals surface area contributed by atoms with Crippen LogP contribution in [0.25, 0.3) is 32.2 Å². The third kappa shape index (κ3) is 5.52. The zero-order valence-corrected chi connectivity index (χ0v) is 21.4. The van der Waals surface area contributed by atoms with Crippen LogP contribution in [0.15, 0.2) is 34.2 Å². The molecule has 0 unspecified atom stereocenters. The van der Waals surface area contributed by atoms with Gasteiger partial charge in [-0.1, -0.05) is 17.4 Å². The van der Waals surface area contributed by atoms with Crippen molar-refractivity contribution in [3.8, 4) is 11.1 Å². The number of aromatic amines is 1. The van der Waals surface area contributed by atoms with Gasteiger partial charge in [-0.2, -0.15) is 18.3 Å². The Morgan fingerprint density at radius 1 is 1.22 bits per heavy atom. The normalized spacial score (nSPS) is 16.9. The molecule has 2 atom stereocenters. The van der Waals surface area contributed by atoms with Gasteiger partial charge in [0.1, 0.15) is 6.17 Å². The van der Waals surface area contributed by atoms with Gasteiger partial charge in [-0.15, -0.1) is 23.5 Å². The number of hydrogen-bond acceptors (Lipinski definition) is 7. The zero-order valence-electron chi connectivity index (χ0n) is 18.9. The van der Waals surface area contributed by atoms with Crippen molar-refractivity contribution >= 4 is 73.0 Å². The number of thiazole rings is 1. The fraction of sp³-hybridized carbons (Fsp3) is 0.273. The summed E-state index contributed by atoms with van der Waals surface area (Å²) in [6.07, 6.45) is -0.445. The van der Waals surface area contributed by atoms with Crippen LogP contribution in [-0.2, 0) is 9.59 Å². The molecule has 1 aliphatic carbocycles. The van der Waals surface area contributed by atoms with Gasteiger partial charge in [0.25, 0.3) is 0 Å². The molecule has 0 bridgehead atoms. The number of nitrogens with one attached hydrogen (secondary N) is 2. The highest BCUT2D eigenvalue weighted by Crippen LogP contribution is 2.44. The smallest absolute Gasteiger partial charge is 0.475 e. The van der Waals surface area contributed by atoms with E-state index in [0.717, 1.165) is 26.7 Å². The van der Waals surface area contributed by atoms with Gasteiger partial charge in [0.15, 0.2) is 10.9 Å². The molecule has 0 spiro atoms. The number of alkyl halides is 4. The molecule has 2 aromatic carbocycles. The number of H-pyrrole nitrogens is 1. The minimum atomic E-state index is -5.08. The summed E-state index contributed by atoms with van der Waals surface area (Å²) in [5, 5.41) is 18.2. The lowest BCUT2D eigenvalue weighted by atomic mass is 10.0. The molecule has 0 saturated heterocycles. The number of benzene rings is 2. The highest BCUT2D eigenvalue weighted by molar-refractivity contribution is 7.99. The van der Waals surface area contributed by atoms with Crippen LogP contribution in [0.3, 0.4) is 0 Å². The lowest BCUT2D eigenvalue weighted by molar-refractivity contribution is -0.192. The Balaban J connectivity index is 0.000000405. The molecule has 37 heavy (non-hydrogen) atoms. The number of thioether (sulfide) groups is 2. The summed E-state index contributed by atoms with van der Waals surface area (Å²) in [5.41, 5.74) is 3.02. The summed E-state index contributed by atoms with van der Waals surface area (Å²) in [6, 6.07) is 5.69. The highest BCUT2D eigenvalue weighted by Gasteiger charge is 2.44. The molecular weight excluding hydrogens is 559 g/mol. The second-order valence-electron chi connectivity index (χ2n) is 7.77. The van der Waals surface area contributed by atoms with Gasteiger partial charge in [0, 0.05) is 10.9 Å². The number of aromatic nitrogens is 3. The molecule has 1 fully saturated rings. The van der Waals surface area contributed by atoms with Crippen molar-refractivity contribution in [2.75, 3.05) is 17.8 Å². The summed E-state index contributed by atoms with van der Waals surface area (Å²) in [4.78, 5) is 26.4. The standard InChI is InChI=1S/C20H16F2N4OS3.C2HF3O2/c1-28-17-14(10-7-23-26-16(10)18(29-2)15(17)22)8-3-4-12-13(5-8)30-20(24-12)25-19(27)9-6-11(9)21;3-2(4,5)1(6)7/h3-5,7,9,11H,6H2,1-2H3,(H,23,26)(H,24,25,27);(H,6,7)/t9-,11+;/m1./s1. The number of carboxylic acids is 1. The first-order chi connectivity index (χ1) is 17.5. The van der Waals surface area contributed by atoms with E-state index in [2.05, 4.69) is 20.5 Å². The van der Waals surface area contributed by atoms with Crippen LogP contribution in [0.4, 0.5) is 27.1 Å². The first kappa shape index (κ1) is 27.1. The molecule has 1 amide bonds. The fourth-order valence-electron chi connectivity index (χ4n) is 3.53. The third-order valence-electron chi connectivity index (χ3n) is 5.37. The number of amides is 1. The van der Waals surface area contributed by atoms with Crippen LogP contribution in [0.5, 0.6) is 0 Å². The molecule has 4 aromatic rings. The first-order valence-corrected chi connectivity index (χ1v) is 13.6. The predicted octanol–water partition coefficient (Wildman–Crippen LogP) is 6.35. The van der Waals surface area contributed by atoms with E-state index in [1.165, 1.54) is 34.9 Å². The molecule has 0 radical (unpaired) electrons. The van der Waals surface area contributed by atoms with Crippen LogP contribution in [-0.4, -0.2) is 57.0 Å². The molecule has 196 valence electrons. The van der Waals surface area contributed by atoms with Gasteiger partial charge >= 0.3 is 12.1 Å². The number of hydrogen-bond donors (Lipinski definition) is 3. The van der Waals surface area contributed by atoms with Gasteiger partial charge in [0.05, 0.1) is 37.6 Å². The van der Waals surface area contributed by atoms with Crippen molar-refractivity contribution in [1.82, 2.24) is 15.2 Å². The van der Waals surface area contributed by atoms with E-state index in [9.17, 15) is 22.4 Å². The predicted molar refractivity (Wildman–Crippen MR) is 134 cm³/mol. The Morgan fingerprint density at radius 3 is 2.43 bits per heavy atom. The third-order valence-corrected chi connectivity index (χ3v) is 7.89. The van der Waals surface area contributed by atoms with Gasteiger partial charge in [-0.3, -0.25) is 9.89 Å². The van der Waals surface area contributed by atoms with E-state index in [1.807, 2.05) is 30.7 Å².